The molecule has 0 spiro atoms. The fourth-order valence-electron chi connectivity index (χ4n) is 2.37. The van der Waals surface area contributed by atoms with Gasteiger partial charge in [-0.1, -0.05) is 6.92 Å². The number of carbonyl (C=O) groups is 1. The maximum absolute atomic E-state index is 10.7. The summed E-state index contributed by atoms with van der Waals surface area (Å²) < 4.78 is 1.98. The molecule has 0 aromatic carbocycles. The molecule has 1 aromatic heterocycles. The van der Waals surface area contributed by atoms with Crippen LogP contribution in [-0.2, 0) is 24.8 Å². The Bertz CT molecular complexity index is 378. The number of piperidine rings is 1. The molecule has 2 rings (SSSR count). The fourth-order valence-corrected chi connectivity index (χ4v) is 2.37. The molecule has 4 heteroatoms. The van der Waals surface area contributed by atoms with E-state index in [0.29, 0.717) is 0 Å². The highest BCUT2D eigenvalue weighted by Crippen LogP contribution is 2.17. The maximum atomic E-state index is 10.7. The van der Waals surface area contributed by atoms with Gasteiger partial charge >= 0.3 is 0 Å². The normalized spacial score (nSPS) is 18.5. The van der Waals surface area contributed by atoms with Gasteiger partial charge in [0, 0.05) is 19.5 Å². The minimum absolute atomic E-state index is 0.281. The standard InChI is InChI=1S/C13H21N3O/c1-3-12-8-13(15(2)14-12)9-16-6-4-11(10-17)5-7-16/h8,10-11H,3-7,9H2,1-2H3. The van der Waals surface area contributed by atoms with Gasteiger partial charge in [0.1, 0.15) is 6.29 Å². The van der Waals surface area contributed by atoms with Crippen molar-refractivity contribution in [1.29, 1.82) is 0 Å². The summed E-state index contributed by atoms with van der Waals surface area (Å²) in [4.78, 5) is 13.1. The van der Waals surface area contributed by atoms with Crippen LogP contribution in [0.1, 0.15) is 31.2 Å². The van der Waals surface area contributed by atoms with E-state index in [-0.39, 0.29) is 5.92 Å². The molecule has 2 heterocycles. The summed E-state index contributed by atoms with van der Waals surface area (Å²) in [5, 5.41) is 4.46. The van der Waals surface area contributed by atoms with Crippen molar-refractivity contribution in [3.05, 3.63) is 17.5 Å². The molecule has 94 valence electrons. The molecule has 1 fully saturated rings. The largest absolute Gasteiger partial charge is 0.303 e. The fraction of sp³-hybridized carbons (Fsp3) is 0.692. The highest BCUT2D eigenvalue weighted by atomic mass is 16.1. The predicted octanol–water partition coefficient (Wildman–Crippen LogP) is 1.39. The van der Waals surface area contributed by atoms with E-state index in [9.17, 15) is 4.79 Å². The average molecular weight is 235 g/mol. The molecule has 1 aliphatic heterocycles. The third-order valence-corrected chi connectivity index (χ3v) is 3.60. The molecule has 4 nitrogen and oxygen atoms in total. The van der Waals surface area contributed by atoms with Gasteiger partial charge in [-0.15, -0.1) is 0 Å². The van der Waals surface area contributed by atoms with Crippen LogP contribution in [0.2, 0.25) is 0 Å². The van der Waals surface area contributed by atoms with Crippen LogP contribution in [0.4, 0.5) is 0 Å². The Morgan fingerprint density at radius 1 is 1.47 bits per heavy atom. The number of hydrogen-bond donors (Lipinski definition) is 0. The first-order valence-electron chi connectivity index (χ1n) is 6.42. The number of aromatic nitrogens is 2. The van der Waals surface area contributed by atoms with Gasteiger partial charge in [0.15, 0.2) is 0 Å². The number of carbonyl (C=O) groups excluding carboxylic acids is 1. The minimum Gasteiger partial charge on any atom is -0.303 e. The van der Waals surface area contributed by atoms with E-state index < -0.39 is 0 Å². The lowest BCUT2D eigenvalue weighted by atomic mass is 9.98. The van der Waals surface area contributed by atoms with Crippen molar-refractivity contribution in [2.45, 2.75) is 32.7 Å². The van der Waals surface area contributed by atoms with Crippen molar-refractivity contribution in [2.75, 3.05) is 13.1 Å². The lowest BCUT2D eigenvalue weighted by molar-refractivity contribution is -0.112. The summed E-state index contributed by atoms with van der Waals surface area (Å²) in [7, 11) is 2.01. The van der Waals surface area contributed by atoms with Crippen LogP contribution in [0.3, 0.4) is 0 Å². The summed E-state index contributed by atoms with van der Waals surface area (Å²) in [6, 6.07) is 2.19. The number of rotatable bonds is 4. The zero-order chi connectivity index (χ0) is 12.3. The highest BCUT2D eigenvalue weighted by molar-refractivity contribution is 5.53. The number of aldehydes is 1. The van der Waals surface area contributed by atoms with Gasteiger partial charge in [-0.2, -0.15) is 5.10 Å². The monoisotopic (exact) mass is 235 g/mol. The van der Waals surface area contributed by atoms with Crippen LogP contribution in [0.25, 0.3) is 0 Å². The molecule has 0 N–H and O–H groups in total. The molecule has 0 bridgehead atoms. The van der Waals surface area contributed by atoms with E-state index in [4.69, 9.17) is 0 Å². The van der Waals surface area contributed by atoms with Crippen LogP contribution < -0.4 is 0 Å². The number of hydrogen-bond acceptors (Lipinski definition) is 3. The Balaban J connectivity index is 1.92. The first kappa shape index (κ1) is 12.3. The summed E-state index contributed by atoms with van der Waals surface area (Å²) in [5.41, 5.74) is 2.43. The van der Waals surface area contributed by atoms with E-state index >= 15 is 0 Å². The number of likely N-dealkylation sites (tertiary alicyclic amines) is 1. The van der Waals surface area contributed by atoms with Gasteiger partial charge in [-0.05, 0) is 38.4 Å². The van der Waals surface area contributed by atoms with E-state index in [0.717, 1.165) is 50.9 Å². The lowest BCUT2D eigenvalue weighted by Gasteiger charge is -2.29. The smallest absolute Gasteiger partial charge is 0.123 e. The number of aryl methyl sites for hydroxylation is 2. The Morgan fingerprint density at radius 3 is 2.71 bits per heavy atom. The SMILES string of the molecule is CCc1cc(CN2CCC(C=O)CC2)n(C)n1. The van der Waals surface area contributed by atoms with Crippen molar-refractivity contribution in [3.63, 3.8) is 0 Å². The molecule has 0 aliphatic carbocycles. The summed E-state index contributed by atoms with van der Waals surface area (Å²) >= 11 is 0. The van der Waals surface area contributed by atoms with Crippen LogP contribution in [0.15, 0.2) is 6.07 Å². The second kappa shape index (κ2) is 5.45. The zero-order valence-electron chi connectivity index (χ0n) is 10.7. The van der Waals surface area contributed by atoms with Crippen molar-refractivity contribution in [2.24, 2.45) is 13.0 Å². The Kier molecular flexibility index (Phi) is 3.94. The molecular weight excluding hydrogens is 214 g/mol. The summed E-state index contributed by atoms with van der Waals surface area (Å²) in [5.74, 6) is 0.281. The van der Waals surface area contributed by atoms with Gasteiger partial charge < -0.3 is 4.79 Å². The second-order valence-corrected chi connectivity index (χ2v) is 4.85. The third-order valence-electron chi connectivity index (χ3n) is 3.60. The molecular formula is C13H21N3O. The quantitative estimate of drug-likeness (QED) is 0.740. The first-order valence-corrected chi connectivity index (χ1v) is 6.42. The molecule has 0 amide bonds. The molecule has 17 heavy (non-hydrogen) atoms. The zero-order valence-corrected chi connectivity index (χ0v) is 10.7. The summed E-state index contributed by atoms with van der Waals surface area (Å²) in [6.45, 7) is 5.13. The Morgan fingerprint density at radius 2 is 2.18 bits per heavy atom. The minimum atomic E-state index is 0.281. The van der Waals surface area contributed by atoms with Crippen molar-refractivity contribution in [3.8, 4) is 0 Å². The van der Waals surface area contributed by atoms with Crippen LogP contribution in [0.5, 0.6) is 0 Å². The molecule has 0 unspecified atom stereocenters. The Hall–Kier alpha value is -1.16. The van der Waals surface area contributed by atoms with Crippen molar-refractivity contribution >= 4 is 6.29 Å². The second-order valence-electron chi connectivity index (χ2n) is 4.85. The lowest BCUT2D eigenvalue weighted by Crippen LogP contribution is -2.34. The number of nitrogens with zero attached hydrogens (tertiary/aromatic N) is 3. The maximum Gasteiger partial charge on any atom is 0.123 e. The third kappa shape index (κ3) is 2.94. The predicted molar refractivity (Wildman–Crippen MR) is 66.7 cm³/mol. The van der Waals surface area contributed by atoms with Gasteiger partial charge in [0.2, 0.25) is 0 Å². The van der Waals surface area contributed by atoms with Gasteiger partial charge in [0.25, 0.3) is 0 Å². The van der Waals surface area contributed by atoms with Crippen LogP contribution >= 0.6 is 0 Å². The van der Waals surface area contributed by atoms with E-state index in [1.54, 1.807) is 0 Å². The molecule has 1 aromatic rings. The molecule has 0 saturated carbocycles. The van der Waals surface area contributed by atoms with E-state index in [2.05, 4.69) is 23.0 Å². The van der Waals surface area contributed by atoms with E-state index in [1.807, 2.05) is 11.7 Å². The van der Waals surface area contributed by atoms with Crippen molar-refractivity contribution in [1.82, 2.24) is 14.7 Å². The molecule has 1 aliphatic rings. The highest BCUT2D eigenvalue weighted by Gasteiger charge is 2.19. The molecule has 0 atom stereocenters. The Labute approximate surface area is 103 Å². The molecule has 1 saturated heterocycles. The first-order chi connectivity index (χ1) is 8.22. The average Bonchev–Trinajstić information content (AvgIpc) is 2.71. The molecule has 0 radical (unpaired) electrons. The topological polar surface area (TPSA) is 38.1 Å². The van der Waals surface area contributed by atoms with Gasteiger partial charge in [-0.25, -0.2) is 0 Å². The van der Waals surface area contributed by atoms with E-state index in [1.165, 1.54) is 5.69 Å². The van der Waals surface area contributed by atoms with Gasteiger partial charge in [-0.3, -0.25) is 9.58 Å². The van der Waals surface area contributed by atoms with Crippen LogP contribution in [-0.4, -0.2) is 34.1 Å². The summed E-state index contributed by atoms with van der Waals surface area (Å²) in [6.07, 6.45) is 4.10. The van der Waals surface area contributed by atoms with Crippen LogP contribution in [0, 0.1) is 5.92 Å². The van der Waals surface area contributed by atoms with Gasteiger partial charge in [0.05, 0.1) is 11.4 Å². The van der Waals surface area contributed by atoms with Crippen molar-refractivity contribution < 1.29 is 4.79 Å².